The van der Waals surface area contributed by atoms with Crippen molar-refractivity contribution < 1.29 is 9.47 Å². The summed E-state index contributed by atoms with van der Waals surface area (Å²) in [6, 6.07) is 6.06. The highest BCUT2D eigenvalue weighted by atomic mass is 35.5. The molecule has 0 fully saturated rings. The zero-order chi connectivity index (χ0) is 13.4. The lowest BCUT2D eigenvalue weighted by atomic mass is 10.0. The molecule has 4 heteroatoms. The smallest absolute Gasteiger partial charge is 0.160 e. The van der Waals surface area contributed by atoms with Gasteiger partial charge in [0.25, 0.3) is 0 Å². The van der Waals surface area contributed by atoms with Crippen molar-refractivity contribution in [3.8, 4) is 11.5 Å². The molecule has 1 aromatic rings. The van der Waals surface area contributed by atoms with E-state index in [1.54, 1.807) is 14.2 Å². The van der Waals surface area contributed by atoms with E-state index in [2.05, 4.69) is 18.3 Å². The van der Waals surface area contributed by atoms with Gasteiger partial charge in [-0.25, -0.2) is 0 Å². The number of nitrogens with one attached hydrogen (secondary N) is 1. The van der Waals surface area contributed by atoms with Crippen LogP contribution in [0.15, 0.2) is 18.2 Å². The highest BCUT2D eigenvalue weighted by Gasteiger charge is 2.09. The Morgan fingerprint density at radius 1 is 1.22 bits per heavy atom. The molecule has 0 aromatic heterocycles. The first-order valence-electron chi connectivity index (χ1n) is 6.21. The fourth-order valence-electron chi connectivity index (χ4n) is 1.79. The van der Waals surface area contributed by atoms with Crippen LogP contribution in [0.5, 0.6) is 11.5 Å². The van der Waals surface area contributed by atoms with Crippen molar-refractivity contribution in [1.82, 2.24) is 5.32 Å². The molecule has 1 rings (SSSR count). The van der Waals surface area contributed by atoms with E-state index in [9.17, 15) is 0 Å². The number of benzene rings is 1. The molecular weight excluding hydrogens is 250 g/mol. The molecule has 0 aliphatic carbocycles. The number of alkyl halides is 1. The van der Waals surface area contributed by atoms with Crippen LogP contribution < -0.4 is 14.8 Å². The second-order valence-electron chi connectivity index (χ2n) is 4.26. The van der Waals surface area contributed by atoms with Crippen LogP contribution in [-0.4, -0.2) is 33.2 Å². The standard InChI is InChI=1S/C14H22ClNO2/c1-11(10-16-8-4-7-15)12-5-6-13(17-2)14(9-12)18-3/h5-6,9,11,16H,4,7-8,10H2,1-3H3. The van der Waals surface area contributed by atoms with E-state index in [-0.39, 0.29) is 0 Å². The first kappa shape index (κ1) is 15.1. The van der Waals surface area contributed by atoms with Gasteiger partial charge in [0.2, 0.25) is 0 Å². The fraction of sp³-hybridized carbons (Fsp3) is 0.571. The van der Waals surface area contributed by atoms with Gasteiger partial charge in [0.15, 0.2) is 11.5 Å². The van der Waals surface area contributed by atoms with Crippen LogP contribution >= 0.6 is 11.6 Å². The maximum absolute atomic E-state index is 5.64. The lowest BCUT2D eigenvalue weighted by Crippen LogP contribution is -2.21. The molecule has 0 radical (unpaired) electrons. The van der Waals surface area contributed by atoms with E-state index in [1.807, 2.05) is 12.1 Å². The van der Waals surface area contributed by atoms with E-state index in [0.29, 0.717) is 11.8 Å². The minimum atomic E-state index is 0.431. The van der Waals surface area contributed by atoms with Crippen molar-refractivity contribution in [2.24, 2.45) is 0 Å². The largest absolute Gasteiger partial charge is 0.493 e. The van der Waals surface area contributed by atoms with E-state index >= 15 is 0 Å². The molecule has 1 atom stereocenters. The van der Waals surface area contributed by atoms with Crippen molar-refractivity contribution in [3.63, 3.8) is 0 Å². The third kappa shape index (κ3) is 4.39. The van der Waals surface area contributed by atoms with Crippen LogP contribution in [0.25, 0.3) is 0 Å². The van der Waals surface area contributed by atoms with Gasteiger partial charge >= 0.3 is 0 Å². The van der Waals surface area contributed by atoms with E-state index in [1.165, 1.54) is 5.56 Å². The van der Waals surface area contributed by atoms with Crippen LogP contribution in [-0.2, 0) is 0 Å². The van der Waals surface area contributed by atoms with E-state index < -0.39 is 0 Å². The first-order chi connectivity index (χ1) is 8.72. The van der Waals surface area contributed by atoms with Gasteiger partial charge in [-0.3, -0.25) is 0 Å². The highest BCUT2D eigenvalue weighted by molar-refractivity contribution is 6.17. The Bertz CT molecular complexity index is 358. The molecule has 1 N–H and O–H groups in total. The number of hydrogen-bond acceptors (Lipinski definition) is 3. The zero-order valence-corrected chi connectivity index (χ0v) is 12.1. The maximum atomic E-state index is 5.64. The Hall–Kier alpha value is -0.930. The number of methoxy groups -OCH3 is 2. The molecule has 18 heavy (non-hydrogen) atoms. The Kier molecular flexibility index (Phi) is 6.91. The summed E-state index contributed by atoms with van der Waals surface area (Å²) in [6.45, 7) is 4.09. The fourth-order valence-corrected chi connectivity index (χ4v) is 1.92. The van der Waals surface area contributed by atoms with Crippen LogP contribution in [0.4, 0.5) is 0 Å². The lowest BCUT2D eigenvalue weighted by molar-refractivity contribution is 0.354. The second kappa shape index (κ2) is 8.22. The highest BCUT2D eigenvalue weighted by Crippen LogP contribution is 2.30. The number of rotatable bonds is 8. The molecule has 0 saturated carbocycles. The van der Waals surface area contributed by atoms with Gasteiger partial charge in [0.05, 0.1) is 14.2 Å². The molecule has 3 nitrogen and oxygen atoms in total. The average molecular weight is 272 g/mol. The Morgan fingerprint density at radius 3 is 2.56 bits per heavy atom. The molecule has 1 aromatic carbocycles. The van der Waals surface area contributed by atoms with Gasteiger partial charge < -0.3 is 14.8 Å². The molecule has 102 valence electrons. The quantitative estimate of drug-likeness (QED) is 0.582. The molecule has 0 saturated heterocycles. The lowest BCUT2D eigenvalue weighted by Gasteiger charge is -2.15. The molecule has 0 spiro atoms. The third-order valence-electron chi connectivity index (χ3n) is 2.91. The summed E-state index contributed by atoms with van der Waals surface area (Å²) < 4.78 is 10.5. The van der Waals surface area contributed by atoms with Gasteiger partial charge in [-0.05, 0) is 36.6 Å². The van der Waals surface area contributed by atoms with Crippen molar-refractivity contribution >= 4 is 11.6 Å². The zero-order valence-electron chi connectivity index (χ0n) is 11.3. The molecule has 0 amide bonds. The van der Waals surface area contributed by atoms with Crippen LogP contribution in [0.3, 0.4) is 0 Å². The van der Waals surface area contributed by atoms with E-state index in [4.69, 9.17) is 21.1 Å². The second-order valence-corrected chi connectivity index (χ2v) is 4.64. The number of hydrogen-bond donors (Lipinski definition) is 1. The van der Waals surface area contributed by atoms with Crippen LogP contribution in [0.1, 0.15) is 24.8 Å². The first-order valence-corrected chi connectivity index (χ1v) is 6.75. The topological polar surface area (TPSA) is 30.5 Å². The van der Waals surface area contributed by atoms with Gasteiger partial charge in [-0.15, -0.1) is 11.6 Å². The monoisotopic (exact) mass is 271 g/mol. The van der Waals surface area contributed by atoms with Crippen molar-refractivity contribution in [3.05, 3.63) is 23.8 Å². The Labute approximate surface area is 114 Å². The van der Waals surface area contributed by atoms with E-state index in [0.717, 1.165) is 31.0 Å². The minimum Gasteiger partial charge on any atom is -0.493 e. The molecule has 0 bridgehead atoms. The summed E-state index contributed by atoms with van der Waals surface area (Å²) in [5.41, 5.74) is 1.24. The summed E-state index contributed by atoms with van der Waals surface area (Å²) in [6.07, 6.45) is 1.00. The van der Waals surface area contributed by atoms with Gasteiger partial charge in [-0.1, -0.05) is 13.0 Å². The van der Waals surface area contributed by atoms with Crippen molar-refractivity contribution in [1.29, 1.82) is 0 Å². The summed E-state index contributed by atoms with van der Waals surface area (Å²) in [5.74, 6) is 2.68. The van der Waals surface area contributed by atoms with Gasteiger partial charge in [-0.2, -0.15) is 0 Å². The normalized spacial score (nSPS) is 12.2. The average Bonchev–Trinajstić information content (AvgIpc) is 2.42. The predicted molar refractivity (Wildman–Crippen MR) is 76.2 cm³/mol. The van der Waals surface area contributed by atoms with Crippen LogP contribution in [0.2, 0.25) is 0 Å². The number of ether oxygens (including phenoxy) is 2. The molecule has 0 aliphatic heterocycles. The minimum absolute atomic E-state index is 0.431. The summed E-state index contributed by atoms with van der Waals surface area (Å²) >= 11 is 5.64. The van der Waals surface area contributed by atoms with Crippen molar-refractivity contribution in [2.45, 2.75) is 19.3 Å². The predicted octanol–water partition coefficient (Wildman–Crippen LogP) is 3.03. The van der Waals surface area contributed by atoms with Gasteiger partial charge in [0, 0.05) is 12.4 Å². The van der Waals surface area contributed by atoms with Crippen LogP contribution in [0, 0.1) is 0 Å². The summed E-state index contributed by atoms with van der Waals surface area (Å²) in [7, 11) is 3.31. The molecule has 0 aliphatic rings. The van der Waals surface area contributed by atoms with Crippen molar-refractivity contribution in [2.75, 3.05) is 33.2 Å². The molecule has 1 unspecified atom stereocenters. The molecule has 0 heterocycles. The third-order valence-corrected chi connectivity index (χ3v) is 3.18. The SMILES string of the molecule is COc1ccc(C(C)CNCCCCl)cc1OC. The Balaban J connectivity index is 2.59. The number of halogens is 1. The molecular formula is C14H22ClNO2. The van der Waals surface area contributed by atoms with Gasteiger partial charge in [0.1, 0.15) is 0 Å². The summed E-state index contributed by atoms with van der Waals surface area (Å²) in [4.78, 5) is 0. The maximum Gasteiger partial charge on any atom is 0.160 e. The Morgan fingerprint density at radius 2 is 1.94 bits per heavy atom. The summed E-state index contributed by atoms with van der Waals surface area (Å²) in [5, 5.41) is 3.39.